The molecule has 0 atom stereocenters. The highest BCUT2D eigenvalue weighted by atomic mass is 16.1. The van der Waals surface area contributed by atoms with Gasteiger partial charge in [-0.2, -0.15) is 0 Å². The molecule has 0 aromatic heterocycles. The molecule has 0 spiro atoms. The van der Waals surface area contributed by atoms with Crippen LogP contribution in [0.2, 0.25) is 0 Å². The maximum absolute atomic E-state index is 12.4. The molecule has 1 nitrogen and oxygen atoms in total. The second kappa shape index (κ2) is 5.18. The molecule has 0 radical (unpaired) electrons. The van der Waals surface area contributed by atoms with Crippen LogP contribution in [-0.2, 0) is 0 Å². The minimum absolute atomic E-state index is 0.0983. The van der Waals surface area contributed by atoms with Crippen molar-refractivity contribution in [2.24, 2.45) is 0 Å². The van der Waals surface area contributed by atoms with Crippen LogP contribution in [0.3, 0.4) is 0 Å². The second-order valence-corrected chi connectivity index (χ2v) is 4.98. The van der Waals surface area contributed by atoms with Crippen molar-refractivity contribution in [1.82, 2.24) is 0 Å². The molecule has 18 heavy (non-hydrogen) atoms. The molecule has 2 aromatic rings. The third kappa shape index (κ3) is 2.67. The zero-order chi connectivity index (χ0) is 13.1. The summed E-state index contributed by atoms with van der Waals surface area (Å²) in [6.45, 7) is 6.27. The van der Waals surface area contributed by atoms with Gasteiger partial charge in [0.05, 0.1) is 0 Å². The number of benzene rings is 2. The fourth-order valence-corrected chi connectivity index (χ4v) is 1.99. The van der Waals surface area contributed by atoms with Crippen LogP contribution >= 0.6 is 0 Å². The fourth-order valence-electron chi connectivity index (χ4n) is 1.99. The number of ketones is 1. The smallest absolute Gasteiger partial charge is 0.193 e. The van der Waals surface area contributed by atoms with Gasteiger partial charge in [-0.3, -0.25) is 4.79 Å². The van der Waals surface area contributed by atoms with Crippen molar-refractivity contribution in [3.05, 3.63) is 70.8 Å². The molecule has 0 saturated heterocycles. The van der Waals surface area contributed by atoms with E-state index in [-0.39, 0.29) is 5.78 Å². The average molecular weight is 238 g/mol. The summed E-state index contributed by atoms with van der Waals surface area (Å²) < 4.78 is 0. The van der Waals surface area contributed by atoms with E-state index in [1.165, 1.54) is 5.56 Å². The van der Waals surface area contributed by atoms with Crippen LogP contribution in [0.1, 0.15) is 46.8 Å². The van der Waals surface area contributed by atoms with E-state index in [0.29, 0.717) is 5.92 Å². The predicted octanol–water partition coefficient (Wildman–Crippen LogP) is 4.35. The van der Waals surface area contributed by atoms with Crippen molar-refractivity contribution in [3.63, 3.8) is 0 Å². The molecule has 0 heterocycles. The summed E-state index contributed by atoms with van der Waals surface area (Å²) in [5.74, 6) is 0.538. The lowest BCUT2D eigenvalue weighted by Gasteiger charge is -2.08. The van der Waals surface area contributed by atoms with Gasteiger partial charge in [-0.15, -0.1) is 0 Å². The average Bonchev–Trinajstić information content (AvgIpc) is 2.38. The molecule has 2 aromatic carbocycles. The molecule has 0 N–H and O–H groups in total. The molecule has 0 aliphatic carbocycles. The van der Waals surface area contributed by atoms with Crippen LogP contribution in [0, 0.1) is 6.92 Å². The first-order valence-corrected chi connectivity index (χ1v) is 6.29. The van der Waals surface area contributed by atoms with E-state index in [2.05, 4.69) is 19.9 Å². The molecule has 0 amide bonds. The SMILES string of the molecule is Cc1cccc(C(=O)c2cccc(C(C)C)c2)c1. The van der Waals surface area contributed by atoms with E-state index in [1.54, 1.807) is 0 Å². The molecule has 1 heteroatoms. The van der Waals surface area contributed by atoms with Gasteiger partial charge in [0.1, 0.15) is 0 Å². The zero-order valence-electron chi connectivity index (χ0n) is 11.1. The van der Waals surface area contributed by atoms with Gasteiger partial charge in [-0.05, 0) is 30.5 Å². The zero-order valence-corrected chi connectivity index (χ0v) is 11.1. The summed E-state index contributed by atoms with van der Waals surface area (Å²) in [4.78, 5) is 12.4. The Morgan fingerprint density at radius 3 is 2.17 bits per heavy atom. The summed E-state index contributed by atoms with van der Waals surface area (Å²) in [7, 11) is 0. The summed E-state index contributed by atoms with van der Waals surface area (Å²) in [5.41, 5.74) is 3.84. The van der Waals surface area contributed by atoms with Gasteiger partial charge < -0.3 is 0 Å². The molecule has 0 aliphatic rings. The first kappa shape index (κ1) is 12.6. The summed E-state index contributed by atoms with van der Waals surface area (Å²) >= 11 is 0. The Bertz CT molecular complexity index is 567. The maximum atomic E-state index is 12.4. The van der Waals surface area contributed by atoms with Gasteiger partial charge in [0.15, 0.2) is 5.78 Å². The molecular weight excluding hydrogens is 220 g/mol. The molecule has 2 rings (SSSR count). The Hall–Kier alpha value is -1.89. The summed E-state index contributed by atoms with van der Waals surface area (Å²) in [6, 6.07) is 15.6. The van der Waals surface area contributed by atoms with E-state index in [0.717, 1.165) is 16.7 Å². The van der Waals surface area contributed by atoms with Crippen molar-refractivity contribution in [1.29, 1.82) is 0 Å². The third-order valence-corrected chi connectivity index (χ3v) is 3.10. The van der Waals surface area contributed by atoms with Crippen LogP contribution in [-0.4, -0.2) is 5.78 Å². The topological polar surface area (TPSA) is 17.1 Å². The number of hydrogen-bond donors (Lipinski definition) is 0. The van der Waals surface area contributed by atoms with Crippen molar-refractivity contribution in [2.75, 3.05) is 0 Å². The van der Waals surface area contributed by atoms with Crippen LogP contribution in [0.25, 0.3) is 0 Å². The van der Waals surface area contributed by atoms with E-state index >= 15 is 0 Å². The third-order valence-electron chi connectivity index (χ3n) is 3.10. The first-order valence-electron chi connectivity index (χ1n) is 6.29. The lowest BCUT2D eigenvalue weighted by atomic mass is 9.96. The number of carbonyl (C=O) groups excluding carboxylic acids is 1. The normalized spacial score (nSPS) is 10.7. The molecule has 0 fully saturated rings. The van der Waals surface area contributed by atoms with E-state index in [9.17, 15) is 4.79 Å². The van der Waals surface area contributed by atoms with E-state index in [1.807, 2.05) is 49.4 Å². The maximum Gasteiger partial charge on any atom is 0.193 e. The van der Waals surface area contributed by atoms with Crippen molar-refractivity contribution in [3.8, 4) is 0 Å². The quantitative estimate of drug-likeness (QED) is 0.726. The van der Waals surface area contributed by atoms with Gasteiger partial charge in [0, 0.05) is 11.1 Å². The second-order valence-electron chi connectivity index (χ2n) is 4.98. The number of rotatable bonds is 3. The predicted molar refractivity (Wildman–Crippen MR) is 75.1 cm³/mol. The van der Waals surface area contributed by atoms with E-state index < -0.39 is 0 Å². The Kier molecular flexibility index (Phi) is 3.61. The van der Waals surface area contributed by atoms with Gasteiger partial charge in [0.2, 0.25) is 0 Å². The first-order chi connectivity index (χ1) is 8.58. The molecule has 0 unspecified atom stereocenters. The lowest BCUT2D eigenvalue weighted by Crippen LogP contribution is -2.02. The molecular formula is C17H18O. The molecule has 0 aliphatic heterocycles. The summed E-state index contributed by atoms with van der Waals surface area (Å²) in [6.07, 6.45) is 0. The monoisotopic (exact) mass is 238 g/mol. The molecule has 0 bridgehead atoms. The Morgan fingerprint density at radius 2 is 1.56 bits per heavy atom. The molecule has 0 saturated carbocycles. The van der Waals surface area contributed by atoms with Crippen molar-refractivity contribution < 1.29 is 4.79 Å². The van der Waals surface area contributed by atoms with E-state index in [4.69, 9.17) is 0 Å². The highest BCUT2D eigenvalue weighted by Gasteiger charge is 2.10. The fraction of sp³-hybridized carbons (Fsp3) is 0.235. The highest BCUT2D eigenvalue weighted by Crippen LogP contribution is 2.18. The van der Waals surface area contributed by atoms with Gasteiger partial charge in [0.25, 0.3) is 0 Å². The Balaban J connectivity index is 2.37. The highest BCUT2D eigenvalue weighted by molar-refractivity contribution is 6.09. The summed E-state index contributed by atoms with van der Waals surface area (Å²) in [5, 5.41) is 0. The van der Waals surface area contributed by atoms with Gasteiger partial charge in [-0.1, -0.05) is 55.8 Å². The van der Waals surface area contributed by atoms with Gasteiger partial charge in [-0.25, -0.2) is 0 Å². The van der Waals surface area contributed by atoms with Crippen molar-refractivity contribution >= 4 is 5.78 Å². The van der Waals surface area contributed by atoms with Gasteiger partial charge >= 0.3 is 0 Å². The number of carbonyl (C=O) groups is 1. The largest absolute Gasteiger partial charge is 0.289 e. The number of aryl methyl sites for hydroxylation is 1. The Labute approximate surface area is 108 Å². The number of hydrogen-bond acceptors (Lipinski definition) is 1. The standard InChI is InChI=1S/C17H18O/c1-12(2)14-7-5-9-16(11-14)17(18)15-8-4-6-13(3)10-15/h4-12H,1-3H3. The van der Waals surface area contributed by atoms with Crippen LogP contribution < -0.4 is 0 Å². The minimum Gasteiger partial charge on any atom is -0.289 e. The molecule has 92 valence electrons. The van der Waals surface area contributed by atoms with Crippen LogP contribution in [0.15, 0.2) is 48.5 Å². The van der Waals surface area contributed by atoms with Crippen LogP contribution in [0.5, 0.6) is 0 Å². The van der Waals surface area contributed by atoms with Crippen molar-refractivity contribution in [2.45, 2.75) is 26.7 Å². The lowest BCUT2D eigenvalue weighted by molar-refractivity contribution is 0.103. The Morgan fingerprint density at radius 1 is 0.944 bits per heavy atom. The minimum atomic E-state index is 0.0983. The van der Waals surface area contributed by atoms with Crippen LogP contribution in [0.4, 0.5) is 0 Å².